The van der Waals surface area contributed by atoms with Gasteiger partial charge in [0.2, 0.25) is 0 Å². The fourth-order valence-corrected chi connectivity index (χ4v) is 6.05. The van der Waals surface area contributed by atoms with Gasteiger partial charge in [0.05, 0.1) is 0 Å². The van der Waals surface area contributed by atoms with E-state index in [2.05, 4.69) is 5.32 Å². The first-order valence-corrected chi connectivity index (χ1v) is 9.31. The topological polar surface area (TPSA) is 24.4 Å². The van der Waals surface area contributed by atoms with Gasteiger partial charge in [0.25, 0.3) is 0 Å². The summed E-state index contributed by atoms with van der Waals surface area (Å²) in [5.74, 6) is 5.22. The molecule has 0 aromatic carbocycles. The van der Waals surface area contributed by atoms with Crippen LogP contribution < -0.4 is 5.32 Å². The van der Waals surface area contributed by atoms with Crippen LogP contribution in [-0.2, 0) is 0 Å². The highest BCUT2D eigenvalue weighted by Crippen LogP contribution is 2.48. The number of thioether (sulfide) groups is 1. The Balaban J connectivity index is 1.33. The lowest BCUT2D eigenvalue weighted by Crippen LogP contribution is -2.46. The Morgan fingerprint density at radius 1 is 1.05 bits per heavy atom. The van der Waals surface area contributed by atoms with Crippen molar-refractivity contribution in [3.63, 3.8) is 0 Å². The molecule has 2 nitrogen and oxygen atoms in total. The van der Waals surface area contributed by atoms with Crippen LogP contribution in [0.4, 0.5) is 0 Å². The summed E-state index contributed by atoms with van der Waals surface area (Å²) in [6.07, 6.45) is 11.7. The van der Waals surface area contributed by atoms with Gasteiger partial charge >= 0.3 is 0 Å². The van der Waals surface area contributed by atoms with Gasteiger partial charge in [-0.15, -0.1) is 0 Å². The van der Waals surface area contributed by atoms with Gasteiger partial charge in [0.15, 0.2) is 5.17 Å². The number of hydrogen-bond acceptors (Lipinski definition) is 2. The predicted molar refractivity (Wildman–Crippen MR) is 82.6 cm³/mol. The monoisotopic (exact) mass is 278 g/mol. The van der Waals surface area contributed by atoms with Crippen LogP contribution in [0, 0.1) is 23.7 Å². The molecule has 3 heteroatoms. The average Bonchev–Trinajstić information content (AvgIpc) is 3.07. The summed E-state index contributed by atoms with van der Waals surface area (Å²) < 4.78 is 0. The van der Waals surface area contributed by atoms with Crippen molar-refractivity contribution in [3.8, 4) is 0 Å². The Labute approximate surface area is 121 Å². The van der Waals surface area contributed by atoms with Crippen molar-refractivity contribution in [2.45, 2.75) is 57.4 Å². The van der Waals surface area contributed by atoms with E-state index >= 15 is 0 Å². The smallest absolute Gasteiger partial charge is 0.156 e. The van der Waals surface area contributed by atoms with Crippen LogP contribution >= 0.6 is 11.8 Å². The van der Waals surface area contributed by atoms with E-state index in [9.17, 15) is 0 Å². The number of nitrogens with one attached hydrogen (secondary N) is 1. The molecule has 19 heavy (non-hydrogen) atoms. The summed E-state index contributed by atoms with van der Waals surface area (Å²) in [5.41, 5.74) is 0. The van der Waals surface area contributed by atoms with Crippen molar-refractivity contribution in [2.24, 2.45) is 28.7 Å². The quantitative estimate of drug-likeness (QED) is 0.833. The zero-order valence-corrected chi connectivity index (χ0v) is 12.6. The lowest BCUT2D eigenvalue weighted by molar-refractivity contribution is 0.310. The summed E-state index contributed by atoms with van der Waals surface area (Å²) in [6.45, 7) is 1.11. The Hall–Kier alpha value is -0.180. The maximum atomic E-state index is 4.94. The van der Waals surface area contributed by atoms with Gasteiger partial charge in [0, 0.05) is 18.3 Å². The largest absolute Gasteiger partial charge is 0.362 e. The molecular weight excluding hydrogens is 252 g/mol. The first kappa shape index (κ1) is 12.6. The van der Waals surface area contributed by atoms with Gasteiger partial charge < -0.3 is 5.32 Å². The molecular formula is C16H26N2S. The lowest BCUT2D eigenvalue weighted by atomic mass is 9.86. The van der Waals surface area contributed by atoms with Crippen LogP contribution in [0.15, 0.2) is 4.99 Å². The third-order valence-electron chi connectivity index (χ3n) is 6.01. The van der Waals surface area contributed by atoms with Crippen molar-refractivity contribution in [1.29, 1.82) is 0 Å². The SMILES string of the molecule is C1CCC2NC(=NCC3CC4CCC3C4)SCC2C1. The molecule has 0 aromatic rings. The fourth-order valence-electron chi connectivity index (χ4n) is 4.87. The van der Waals surface area contributed by atoms with Gasteiger partial charge in [-0.3, -0.25) is 4.99 Å². The highest BCUT2D eigenvalue weighted by molar-refractivity contribution is 8.13. The zero-order chi connectivity index (χ0) is 12.7. The fraction of sp³-hybridized carbons (Fsp3) is 0.938. The summed E-state index contributed by atoms with van der Waals surface area (Å²) in [4.78, 5) is 4.94. The van der Waals surface area contributed by atoms with Crippen LogP contribution in [0.5, 0.6) is 0 Å². The third kappa shape index (κ3) is 2.55. The average molecular weight is 278 g/mol. The Kier molecular flexibility index (Phi) is 3.51. The van der Waals surface area contributed by atoms with Crippen molar-refractivity contribution in [2.75, 3.05) is 12.3 Å². The standard InChI is InChI=1S/C16H26N2S/c1-2-4-15-13(3-1)10-19-16(18-15)17-9-14-8-11-5-6-12(14)7-11/h11-15H,1-10H2,(H,17,18). The number of amidine groups is 1. The summed E-state index contributed by atoms with van der Waals surface area (Å²) in [5, 5.41) is 5.01. The van der Waals surface area contributed by atoms with Crippen LogP contribution in [0.1, 0.15) is 51.4 Å². The first-order valence-electron chi connectivity index (χ1n) is 8.32. The zero-order valence-electron chi connectivity index (χ0n) is 11.8. The molecule has 4 aliphatic rings. The summed E-state index contributed by atoms with van der Waals surface area (Å²) in [7, 11) is 0. The van der Waals surface area contributed by atoms with Gasteiger partial charge in [-0.1, -0.05) is 31.0 Å². The number of aliphatic imine (C=N–C) groups is 1. The number of fused-ring (bicyclic) bond motifs is 3. The van der Waals surface area contributed by atoms with Crippen molar-refractivity contribution < 1.29 is 0 Å². The second kappa shape index (κ2) is 5.31. The first-order chi connectivity index (χ1) is 9.38. The van der Waals surface area contributed by atoms with E-state index in [0.29, 0.717) is 0 Å². The van der Waals surface area contributed by atoms with E-state index in [0.717, 1.165) is 36.3 Å². The molecule has 0 amide bonds. The predicted octanol–water partition coefficient (Wildman–Crippen LogP) is 3.67. The minimum Gasteiger partial charge on any atom is -0.362 e. The van der Waals surface area contributed by atoms with Crippen LogP contribution in [0.3, 0.4) is 0 Å². The molecule has 1 heterocycles. The molecule has 5 atom stereocenters. The number of rotatable bonds is 2. The molecule has 106 valence electrons. The molecule has 4 rings (SSSR count). The third-order valence-corrected chi connectivity index (χ3v) is 7.12. The maximum absolute atomic E-state index is 4.94. The highest BCUT2D eigenvalue weighted by atomic mass is 32.2. The van der Waals surface area contributed by atoms with Crippen LogP contribution in [0.2, 0.25) is 0 Å². The Morgan fingerprint density at radius 2 is 2.00 bits per heavy atom. The van der Waals surface area contributed by atoms with E-state index < -0.39 is 0 Å². The van der Waals surface area contributed by atoms with Crippen molar-refractivity contribution >= 4 is 16.9 Å². The van der Waals surface area contributed by atoms with Crippen molar-refractivity contribution in [3.05, 3.63) is 0 Å². The second-order valence-corrected chi connectivity index (χ2v) is 8.20. The molecule has 0 spiro atoms. The van der Waals surface area contributed by atoms with Gasteiger partial charge in [-0.2, -0.15) is 0 Å². The molecule has 1 aliphatic heterocycles. The molecule has 1 N–H and O–H groups in total. The molecule has 3 aliphatic carbocycles. The van der Waals surface area contributed by atoms with E-state index in [4.69, 9.17) is 4.99 Å². The van der Waals surface area contributed by atoms with Crippen molar-refractivity contribution in [1.82, 2.24) is 5.32 Å². The molecule has 4 fully saturated rings. The van der Waals surface area contributed by atoms with E-state index in [1.807, 2.05) is 11.8 Å². The Bertz CT molecular complexity index is 368. The van der Waals surface area contributed by atoms with E-state index in [1.54, 1.807) is 0 Å². The highest BCUT2D eigenvalue weighted by Gasteiger charge is 2.39. The molecule has 0 radical (unpaired) electrons. The van der Waals surface area contributed by atoms with Crippen LogP contribution in [0.25, 0.3) is 0 Å². The molecule has 1 saturated heterocycles. The van der Waals surface area contributed by atoms with E-state index in [-0.39, 0.29) is 0 Å². The minimum absolute atomic E-state index is 0.744. The number of nitrogens with zero attached hydrogens (tertiary/aromatic N) is 1. The summed E-state index contributed by atoms with van der Waals surface area (Å²) in [6, 6.07) is 0.744. The molecule has 3 saturated carbocycles. The second-order valence-electron chi connectivity index (χ2n) is 7.19. The summed E-state index contributed by atoms with van der Waals surface area (Å²) >= 11 is 1.99. The van der Waals surface area contributed by atoms with Gasteiger partial charge in [0.1, 0.15) is 0 Å². The minimum atomic E-state index is 0.744. The van der Waals surface area contributed by atoms with Gasteiger partial charge in [-0.25, -0.2) is 0 Å². The molecule has 0 aromatic heterocycles. The Morgan fingerprint density at radius 3 is 2.84 bits per heavy atom. The van der Waals surface area contributed by atoms with Crippen LogP contribution in [-0.4, -0.2) is 23.5 Å². The maximum Gasteiger partial charge on any atom is 0.156 e. The normalized spacial score (nSPS) is 47.2. The molecule has 5 unspecified atom stereocenters. The van der Waals surface area contributed by atoms with E-state index in [1.165, 1.54) is 62.3 Å². The lowest BCUT2D eigenvalue weighted by Gasteiger charge is -2.37. The number of hydrogen-bond donors (Lipinski definition) is 1. The molecule has 2 bridgehead atoms. The van der Waals surface area contributed by atoms with Gasteiger partial charge in [-0.05, 0) is 55.8 Å².